The topological polar surface area (TPSA) is 55.1 Å². The zero-order chi connectivity index (χ0) is 14.7. The van der Waals surface area contributed by atoms with Crippen molar-refractivity contribution in [2.45, 2.75) is 32.2 Å². The summed E-state index contributed by atoms with van der Waals surface area (Å²) in [6.07, 6.45) is 3.05. The second-order valence-corrected chi connectivity index (χ2v) is 6.27. The molecule has 21 heavy (non-hydrogen) atoms. The molecule has 1 aromatic rings. The van der Waals surface area contributed by atoms with Gasteiger partial charge in [-0.15, -0.1) is 12.4 Å². The molecule has 1 aromatic carbocycles. The highest BCUT2D eigenvalue weighted by molar-refractivity contribution is 6.35. The average Bonchev–Trinajstić information content (AvgIpc) is 2.86. The highest BCUT2D eigenvalue weighted by Gasteiger charge is 2.32. The molecule has 0 aromatic heterocycles. The quantitative estimate of drug-likeness (QED) is 0.862. The van der Waals surface area contributed by atoms with Gasteiger partial charge in [0.1, 0.15) is 0 Å². The lowest BCUT2D eigenvalue weighted by atomic mass is 9.94. The van der Waals surface area contributed by atoms with Gasteiger partial charge in [-0.3, -0.25) is 4.79 Å². The Morgan fingerprint density at radius 1 is 1.43 bits per heavy atom. The van der Waals surface area contributed by atoms with Crippen LogP contribution in [-0.4, -0.2) is 12.5 Å². The lowest BCUT2D eigenvalue weighted by molar-refractivity contribution is -0.126. The molecule has 0 saturated heterocycles. The summed E-state index contributed by atoms with van der Waals surface area (Å²) in [5.41, 5.74) is 6.61. The van der Waals surface area contributed by atoms with E-state index in [1.807, 2.05) is 13.0 Å². The van der Waals surface area contributed by atoms with Gasteiger partial charge in [0.2, 0.25) is 5.91 Å². The minimum absolute atomic E-state index is 0. The van der Waals surface area contributed by atoms with Crippen LogP contribution in [0.2, 0.25) is 10.0 Å². The van der Waals surface area contributed by atoms with Crippen molar-refractivity contribution in [3.63, 3.8) is 0 Å². The number of rotatable bonds is 4. The zero-order valence-corrected chi connectivity index (χ0v) is 14.3. The van der Waals surface area contributed by atoms with Gasteiger partial charge in [0.15, 0.2) is 0 Å². The maximum atomic E-state index is 12.3. The summed E-state index contributed by atoms with van der Waals surface area (Å²) in [5, 5.41) is 4.21. The maximum absolute atomic E-state index is 12.3. The summed E-state index contributed by atoms with van der Waals surface area (Å²) in [6, 6.07) is 5.19. The van der Waals surface area contributed by atoms with Crippen molar-refractivity contribution in [2.75, 3.05) is 6.54 Å². The van der Waals surface area contributed by atoms with E-state index in [0.29, 0.717) is 22.5 Å². The molecule has 6 heteroatoms. The van der Waals surface area contributed by atoms with E-state index < -0.39 is 0 Å². The molecular weight excluding hydrogens is 331 g/mol. The minimum atomic E-state index is -0.133. The van der Waals surface area contributed by atoms with Gasteiger partial charge in [-0.2, -0.15) is 0 Å². The molecule has 3 atom stereocenters. The third kappa shape index (κ3) is 4.49. The molecular formula is C15H21Cl3N2O. The number of hydrogen-bond acceptors (Lipinski definition) is 2. The lowest BCUT2D eigenvalue weighted by Gasteiger charge is -2.21. The molecule has 3 nitrogen and oxygen atoms in total. The fourth-order valence-electron chi connectivity index (χ4n) is 2.91. The molecule has 2 rings (SSSR count). The summed E-state index contributed by atoms with van der Waals surface area (Å²) in [5.74, 6) is 0.424. The van der Waals surface area contributed by atoms with Gasteiger partial charge in [-0.05, 0) is 49.9 Å². The fourth-order valence-corrected chi connectivity index (χ4v) is 3.49. The predicted octanol–water partition coefficient (Wildman–Crippen LogP) is 3.97. The highest BCUT2D eigenvalue weighted by atomic mass is 35.5. The van der Waals surface area contributed by atoms with Crippen LogP contribution in [0.3, 0.4) is 0 Å². The van der Waals surface area contributed by atoms with Gasteiger partial charge in [0.25, 0.3) is 0 Å². The molecule has 1 saturated carbocycles. The van der Waals surface area contributed by atoms with E-state index in [0.717, 1.165) is 24.8 Å². The molecule has 0 bridgehead atoms. The van der Waals surface area contributed by atoms with Gasteiger partial charge >= 0.3 is 0 Å². The average molecular weight is 352 g/mol. The van der Waals surface area contributed by atoms with Crippen LogP contribution in [0.15, 0.2) is 18.2 Å². The molecule has 0 heterocycles. The Hall–Kier alpha value is -0.480. The number of halogens is 3. The van der Waals surface area contributed by atoms with E-state index in [1.54, 1.807) is 12.1 Å². The number of nitrogens with one attached hydrogen (secondary N) is 1. The molecule has 1 fully saturated rings. The number of benzene rings is 1. The number of nitrogens with two attached hydrogens (primary N) is 1. The van der Waals surface area contributed by atoms with Crippen LogP contribution < -0.4 is 11.1 Å². The van der Waals surface area contributed by atoms with E-state index in [4.69, 9.17) is 28.9 Å². The normalized spacial score (nSPS) is 22.5. The first kappa shape index (κ1) is 18.6. The van der Waals surface area contributed by atoms with Crippen molar-refractivity contribution >= 4 is 41.5 Å². The van der Waals surface area contributed by atoms with Gasteiger partial charge in [0, 0.05) is 16.0 Å². The van der Waals surface area contributed by atoms with E-state index >= 15 is 0 Å². The van der Waals surface area contributed by atoms with Crippen LogP contribution in [0.1, 0.15) is 37.8 Å². The number of hydrogen-bond donors (Lipinski definition) is 2. The van der Waals surface area contributed by atoms with Crippen molar-refractivity contribution in [1.29, 1.82) is 0 Å². The summed E-state index contributed by atoms with van der Waals surface area (Å²) >= 11 is 12.1. The van der Waals surface area contributed by atoms with Gasteiger partial charge in [-0.25, -0.2) is 0 Å². The van der Waals surface area contributed by atoms with Crippen molar-refractivity contribution < 1.29 is 4.79 Å². The second-order valence-electron chi connectivity index (χ2n) is 5.43. The molecule has 1 aliphatic rings. The Bertz CT molecular complexity index is 496. The largest absolute Gasteiger partial charge is 0.349 e. The standard InChI is InChI=1S/C15H20Cl2N2O.ClH/c1-9(12-6-5-11(16)7-14(12)17)19-15(20)13-4-2-3-10(13)8-18;/h5-7,9-10,13H,2-4,8,18H2,1H3,(H,19,20);1H/t9?,10-,13-;/m1./s1. The zero-order valence-electron chi connectivity index (χ0n) is 11.9. The Morgan fingerprint density at radius 3 is 2.76 bits per heavy atom. The van der Waals surface area contributed by atoms with E-state index in [9.17, 15) is 4.79 Å². The van der Waals surface area contributed by atoms with Crippen molar-refractivity contribution in [1.82, 2.24) is 5.32 Å². The molecule has 0 radical (unpaired) electrons. The van der Waals surface area contributed by atoms with Gasteiger partial charge in [0.05, 0.1) is 6.04 Å². The van der Waals surface area contributed by atoms with Gasteiger partial charge in [-0.1, -0.05) is 35.7 Å². The second kappa shape index (κ2) is 8.23. The van der Waals surface area contributed by atoms with Gasteiger partial charge < -0.3 is 11.1 Å². The predicted molar refractivity (Wildman–Crippen MR) is 90.2 cm³/mol. The SMILES string of the molecule is CC(NC(=O)[C@@H]1CCC[C@@H]1CN)c1ccc(Cl)cc1Cl.Cl. The van der Waals surface area contributed by atoms with Crippen LogP contribution in [0.5, 0.6) is 0 Å². The van der Waals surface area contributed by atoms with Crippen LogP contribution in [0.25, 0.3) is 0 Å². The Morgan fingerprint density at radius 2 is 2.14 bits per heavy atom. The molecule has 3 N–H and O–H groups in total. The van der Waals surface area contributed by atoms with Crippen LogP contribution >= 0.6 is 35.6 Å². The lowest BCUT2D eigenvalue weighted by Crippen LogP contribution is -2.36. The molecule has 118 valence electrons. The summed E-state index contributed by atoms with van der Waals surface area (Å²) < 4.78 is 0. The highest BCUT2D eigenvalue weighted by Crippen LogP contribution is 2.32. The smallest absolute Gasteiger partial charge is 0.223 e. The maximum Gasteiger partial charge on any atom is 0.223 e. The first-order valence-electron chi connectivity index (χ1n) is 6.98. The third-order valence-electron chi connectivity index (χ3n) is 4.09. The van der Waals surface area contributed by atoms with E-state index in [2.05, 4.69) is 5.32 Å². The Kier molecular flexibility index (Phi) is 7.28. The van der Waals surface area contributed by atoms with Crippen LogP contribution in [0, 0.1) is 11.8 Å². The summed E-state index contributed by atoms with van der Waals surface area (Å²) in [6.45, 7) is 2.51. The molecule has 0 spiro atoms. The fraction of sp³-hybridized carbons (Fsp3) is 0.533. The Balaban J connectivity index is 0.00000220. The number of amides is 1. The van der Waals surface area contributed by atoms with Crippen molar-refractivity contribution in [2.24, 2.45) is 17.6 Å². The summed E-state index contributed by atoms with van der Waals surface area (Å²) in [7, 11) is 0. The molecule has 1 amide bonds. The Labute approximate surface area is 142 Å². The number of carbonyl (C=O) groups excluding carboxylic acids is 1. The van der Waals surface area contributed by atoms with Crippen molar-refractivity contribution in [3.05, 3.63) is 33.8 Å². The van der Waals surface area contributed by atoms with E-state index in [-0.39, 0.29) is 30.3 Å². The first-order chi connectivity index (χ1) is 9.52. The molecule has 0 aliphatic heterocycles. The van der Waals surface area contributed by atoms with E-state index in [1.165, 1.54) is 0 Å². The molecule has 1 unspecified atom stereocenters. The summed E-state index contributed by atoms with van der Waals surface area (Å²) in [4.78, 5) is 12.3. The van der Waals surface area contributed by atoms with Crippen molar-refractivity contribution in [3.8, 4) is 0 Å². The van der Waals surface area contributed by atoms with Crippen LogP contribution in [-0.2, 0) is 4.79 Å². The minimum Gasteiger partial charge on any atom is -0.349 e. The number of carbonyl (C=O) groups is 1. The monoisotopic (exact) mass is 350 g/mol. The van der Waals surface area contributed by atoms with Crippen LogP contribution in [0.4, 0.5) is 0 Å². The first-order valence-corrected chi connectivity index (χ1v) is 7.74. The molecule has 1 aliphatic carbocycles. The third-order valence-corrected chi connectivity index (χ3v) is 4.65.